The molecule has 0 aromatic heterocycles. The highest BCUT2D eigenvalue weighted by Gasteiger charge is 2.27. The number of nitro benzene ring substituents is 1. The summed E-state index contributed by atoms with van der Waals surface area (Å²) in [4.78, 5) is 10.4. The van der Waals surface area contributed by atoms with E-state index < -0.39 is 4.92 Å². The quantitative estimate of drug-likeness (QED) is 0.514. The summed E-state index contributed by atoms with van der Waals surface area (Å²) >= 11 is 0. The number of non-ortho nitro benzene ring substituents is 1. The van der Waals surface area contributed by atoms with Crippen molar-refractivity contribution in [3.8, 4) is 11.5 Å². The molecule has 0 atom stereocenters. The van der Waals surface area contributed by atoms with E-state index in [4.69, 9.17) is 4.74 Å². The summed E-state index contributed by atoms with van der Waals surface area (Å²) in [7, 11) is 0. The minimum atomic E-state index is -0.409. The Bertz CT molecular complexity index is 703. The van der Waals surface area contributed by atoms with Crippen LogP contribution in [0, 0.1) is 10.1 Å². The van der Waals surface area contributed by atoms with Crippen LogP contribution >= 0.6 is 0 Å². The number of nitrogens with zero attached hydrogens (tertiary/aromatic N) is 1. The molecule has 0 aliphatic heterocycles. The van der Waals surface area contributed by atoms with Crippen molar-refractivity contribution >= 4 is 5.69 Å². The van der Waals surface area contributed by atoms with E-state index in [9.17, 15) is 10.1 Å². The maximum Gasteiger partial charge on any atom is 0.269 e. The number of ether oxygens (including phenoxy) is 1. The van der Waals surface area contributed by atoms with Gasteiger partial charge < -0.3 is 4.74 Å². The minimum Gasteiger partial charge on any atom is -0.457 e. The molecular weight excluding hydrogens is 302 g/mol. The molecule has 0 unspecified atom stereocenters. The Morgan fingerprint density at radius 2 is 1.29 bits per heavy atom. The Hall–Kier alpha value is -2.36. The molecule has 0 spiro atoms. The summed E-state index contributed by atoms with van der Waals surface area (Å²) in [6.07, 6.45) is 0. The Balaban J connectivity index is 2.53. The predicted molar refractivity (Wildman–Crippen MR) is 97.0 cm³/mol. The van der Waals surface area contributed by atoms with Crippen LogP contribution in [-0.2, 0) is 10.8 Å². The van der Waals surface area contributed by atoms with Crippen molar-refractivity contribution in [2.24, 2.45) is 0 Å². The van der Waals surface area contributed by atoms with Gasteiger partial charge in [-0.05, 0) is 23.0 Å². The molecule has 2 aromatic carbocycles. The van der Waals surface area contributed by atoms with E-state index in [0.717, 1.165) is 16.9 Å². The van der Waals surface area contributed by atoms with Crippen molar-refractivity contribution in [2.45, 2.75) is 52.4 Å². The van der Waals surface area contributed by atoms with Gasteiger partial charge in [0.15, 0.2) is 0 Å². The highest BCUT2D eigenvalue weighted by atomic mass is 16.6. The van der Waals surface area contributed by atoms with Crippen molar-refractivity contribution in [1.82, 2.24) is 0 Å². The fourth-order valence-electron chi connectivity index (χ4n) is 2.58. The SMILES string of the molecule is CC(C)(C)c1cccc(C(C)(C)C)c1Oc1ccc([N+](=O)[O-])cc1. The van der Waals surface area contributed by atoms with Crippen molar-refractivity contribution in [2.75, 3.05) is 0 Å². The summed E-state index contributed by atoms with van der Waals surface area (Å²) in [5.74, 6) is 1.44. The summed E-state index contributed by atoms with van der Waals surface area (Å²) in [6, 6.07) is 12.4. The first-order valence-corrected chi connectivity index (χ1v) is 8.06. The summed E-state index contributed by atoms with van der Waals surface area (Å²) in [6.45, 7) is 12.9. The first-order chi connectivity index (χ1) is 11.0. The van der Waals surface area contributed by atoms with Gasteiger partial charge in [-0.3, -0.25) is 10.1 Å². The van der Waals surface area contributed by atoms with E-state index in [1.807, 2.05) is 0 Å². The summed E-state index contributed by atoms with van der Waals surface area (Å²) < 4.78 is 6.21. The highest BCUT2D eigenvalue weighted by Crippen LogP contribution is 2.41. The number of hydrogen-bond donors (Lipinski definition) is 0. The van der Waals surface area contributed by atoms with Crippen LogP contribution in [0.1, 0.15) is 52.7 Å². The molecule has 24 heavy (non-hydrogen) atoms. The second-order valence-electron chi connectivity index (χ2n) is 8.04. The molecule has 0 saturated carbocycles. The molecule has 0 amide bonds. The van der Waals surface area contributed by atoms with E-state index in [2.05, 4.69) is 59.7 Å². The zero-order valence-corrected chi connectivity index (χ0v) is 15.2. The molecule has 0 radical (unpaired) electrons. The normalized spacial score (nSPS) is 12.1. The fourth-order valence-corrected chi connectivity index (χ4v) is 2.58. The van der Waals surface area contributed by atoms with Gasteiger partial charge in [0.2, 0.25) is 0 Å². The standard InChI is InChI=1S/C20H25NO3/c1-19(2,3)16-8-7-9-17(20(4,5)6)18(16)24-15-12-10-14(11-13-15)21(22)23/h7-13H,1-6H3. The maximum absolute atomic E-state index is 10.8. The van der Waals surface area contributed by atoms with Crippen LogP contribution in [0.2, 0.25) is 0 Å². The Morgan fingerprint density at radius 3 is 1.67 bits per heavy atom. The smallest absolute Gasteiger partial charge is 0.269 e. The van der Waals surface area contributed by atoms with Crippen LogP contribution in [0.25, 0.3) is 0 Å². The van der Waals surface area contributed by atoms with Crippen LogP contribution in [0.15, 0.2) is 42.5 Å². The Labute approximate surface area is 143 Å². The average molecular weight is 327 g/mol. The van der Waals surface area contributed by atoms with Gasteiger partial charge >= 0.3 is 0 Å². The van der Waals surface area contributed by atoms with E-state index >= 15 is 0 Å². The molecule has 128 valence electrons. The van der Waals surface area contributed by atoms with Crippen molar-refractivity contribution in [3.05, 3.63) is 63.7 Å². The lowest BCUT2D eigenvalue weighted by Crippen LogP contribution is -2.18. The van der Waals surface area contributed by atoms with Gasteiger partial charge in [0.1, 0.15) is 11.5 Å². The Morgan fingerprint density at radius 1 is 0.833 bits per heavy atom. The van der Waals surface area contributed by atoms with E-state index in [0.29, 0.717) is 5.75 Å². The van der Waals surface area contributed by atoms with Crippen LogP contribution in [0.5, 0.6) is 11.5 Å². The van der Waals surface area contributed by atoms with Crippen LogP contribution in [0.3, 0.4) is 0 Å². The molecule has 4 heteroatoms. The molecule has 0 bridgehead atoms. The third-order valence-corrected chi connectivity index (χ3v) is 3.90. The lowest BCUT2D eigenvalue weighted by atomic mass is 9.79. The average Bonchev–Trinajstić information content (AvgIpc) is 2.45. The third kappa shape index (κ3) is 3.94. The first-order valence-electron chi connectivity index (χ1n) is 8.06. The lowest BCUT2D eigenvalue weighted by Gasteiger charge is -2.29. The monoisotopic (exact) mass is 327 g/mol. The van der Waals surface area contributed by atoms with Crippen molar-refractivity contribution in [1.29, 1.82) is 0 Å². The predicted octanol–water partition coefficient (Wildman–Crippen LogP) is 5.98. The third-order valence-electron chi connectivity index (χ3n) is 3.90. The molecule has 0 aliphatic carbocycles. The number of hydrogen-bond acceptors (Lipinski definition) is 3. The number of para-hydroxylation sites is 1. The Kier molecular flexibility index (Phi) is 4.70. The maximum atomic E-state index is 10.8. The second kappa shape index (κ2) is 6.27. The second-order valence-corrected chi connectivity index (χ2v) is 8.04. The molecule has 4 nitrogen and oxygen atoms in total. The minimum absolute atomic E-state index is 0.0579. The molecule has 0 heterocycles. The van der Waals surface area contributed by atoms with Gasteiger partial charge in [-0.25, -0.2) is 0 Å². The molecule has 0 aliphatic rings. The molecule has 2 aromatic rings. The van der Waals surface area contributed by atoms with Crippen LogP contribution in [-0.4, -0.2) is 4.92 Å². The van der Waals surface area contributed by atoms with Gasteiger partial charge in [-0.2, -0.15) is 0 Å². The zero-order valence-electron chi connectivity index (χ0n) is 15.2. The molecular formula is C20H25NO3. The van der Waals surface area contributed by atoms with E-state index in [1.165, 1.54) is 12.1 Å². The van der Waals surface area contributed by atoms with Gasteiger partial charge in [-0.1, -0.05) is 59.7 Å². The zero-order chi connectivity index (χ0) is 18.1. The van der Waals surface area contributed by atoms with Crippen LogP contribution < -0.4 is 4.74 Å². The van der Waals surface area contributed by atoms with Gasteiger partial charge in [0.25, 0.3) is 5.69 Å². The molecule has 0 fully saturated rings. The lowest BCUT2D eigenvalue weighted by molar-refractivity contribution is -0.384. The molecule has 2 rings (SSSR count). The number of benzene rings is 2. The first kappa shape index (κ1) is 18.0. The highest BCUT2D eigenvalue weighted by molar-refractivity contribution is 5.50. The topological polar surface area (TPSA) is 52.4 Å². The van der Waals surface area contributed by atoms with E-state index in [1.54, 1.807) is 12.1 Å². The van der Waals surface area contributed by atoms with Gasteiger partial charge in [0, 0.05) is 23.3 Å². The number of nitro groups is 1. The van der Waals surface area contributed by atoms with Crippen molar-refractivity contribution in [3.63, 3.8) is 0 Å². The number of rotatable bonds is 3. The van der Waals surface area contributed by atoms with Gasteiger partial charge in [0.05, 0.1) is 4.92 Å². The van der Waals surface area contributed by atoms with E-state index in [-0.39, 0.29) is 16.5 Å². The molecule has 0 saturated heterocycles. The molecule has 0 N–H and O–H groups in total. The van der Waals surface area contributed by atoms with Crippen LogP contribution in [0.4, 0.5) is 5.69 Å². The largest absolute Gasteiger partial charge is 0.457 e. The van der Waals surface area contributed by atoms with Crippen molar-refractivity contribution < 1.29 is 9.66 Å². The summed E-state index contributed by atoms with van der Waals surface area (Å²) in [5, 5.41) is 10.8. The fraction of sp³-hybridized carbons (Fsp3) is 0.400. The van der Waals surface area contributed by atoms with Gasteiger partial charge in [-0.15, -0.1) is 0 Å². The summed E-state index contributed by atoms with van der Waals surface area (Å²) in [5.41, 5.74) is 2.15.